The van der Waals surface area contributed by atoms with Crippen LogP contribution in [0.3, 0.4) is 0 Å². The number of amides is 1. The Hall–Kier alpha value is -4.72. The summed E-state index contributed by atoms with van der Waals surface area (Å²) < 4.78 is 5.26. The number of hydrogen-bond donors (Lipinski definition) is 3. The zero-order valence-electron chi connectivity index (χ0n) is 18.6. The van der Waals surface area contributed by atoms with Gasteiger partial charge in [0.05, 0.1) is 41.3 Å². The molecule has 7 rings (SSSR count). The fraction of sp³-hybridized carbons (Fsp3) is 0.111. The second kappa shape index (κ2) is 7.66. The van der Waals surface area contributed by atoms with Crippen LogP contribution in [0, 0.1) is 5.92 Å². The second-order valence-corrected chi connectivity index (χ2v) is 8.87. The normalized spacial score (nSPS) is 13.5. The van der Waals surface area contributed by atoms with Crippen LogP contribution in [0.25, 0.3) is 55.6 Å². The van der Waals surface area contributed by atoms with Crippen LogP contribution in [0.5, 0.6) is 0 Å². The summed E-state index contributed by atoms with van der Waals surface area (Å²) in [7, 11) is 0. The third-order valence-corrected chi connectivity index (χ3v) is 6.45. The van der Waals surface area contributed by atoms with Crippen LogP contribution in [0.2, 0.25) is 0 Å². The van der Waals surface area contributed by atoms with Crippen LogP contribution >= 0.6 is 0 Å². The van der Waals surface area contributed by atoms with E-state index in [4.69, 9.17) is 4.42 Å². The zero-order chi connectivity index (χ0) is 23.4. The Labute approximate surface area is 199 Å². The summed E-state index contributed by atoms with van der Waals surface area (Å²) >= 11 is 0. The molecule has 5 heterocycles. The maximum atomic E-state index is 12.2. The molecule has 1 amide bonds. The maximum absolute atomic E-state index is 12.2. The summed E-state index contributed by atoms with van der Waals surface area (Å²) in [5.41, 5.74) is 8.03. The molecule has 1 aliphatic carbocycles. The Morgan fingerprint density at radius 1 is 0.943 bits per heavy atom. The van der Waals surface area contributed by atoms with Crippen molar-refractivity contribution in [3.8, 4) is 33.8 Å². The number of carbonyl (C=O) groups is 1. The van der Waals surface area contributed by atoms with Gasteiger partial charge in [-0.2, -0.15) is 5.10 Å². The molecule has 0 unspecified atom stereocenters. The van der Waals surface area contributed by atoms with Crippen LogP contribution in [-0.2, 0) is 4.79 Å². The molecule has 3 N–H and O–H groups in total. The molecule has 170 valence electrons. The van der Waals surface area contributed by atoms with Gasteiger partial charge in [0.25, 0.3) is 0 Å². The van der Waals surface area contributed by atoms with Gasteiger partial charge in [0.2, 0.25) is 5.91 Å². The van der Waals surface area contributed by atoms with Crippen molar-refractivity contribution in [3.63, 3.8) is 0 Å². The van der Waals surface area contributed by atoms with Crippen molar-refractivity contribution in [1.82, 2.24) is 25.1 Å². The van der Waals surface area contributed by atoms with Gasteiger partial charge >= 0.3 is 0 Å². The summed E-state index contributed by atoms with van der Waals surface area (Å²) in [5, 5.41) is 12.7. The number of fused-ring (bicyclic) bond motifs is 2. The smallest absolute Gasteiger partial charge is 0.227 e. The van der Waals surface area contributed by atoms with Crippen molar-refractivity contribution in [2.45, 2.75) is 12.8 Å². The van der Waals surface area contributed by atoms with Gasteiger partial charge in [0.15, 0.2) is 0 Å². The first-order valence-corrected chi connectivity index (χ1v) is 11.5. The number of aromatic nitrogens is 5. The van der Waals surface area contributed by atoms with Gasteiger partial charge < -0.3 is 14.7 Å². The van der Waals surface area contributed by atoms with Gasteiger partial charge in [-0.05, 0) is 54.8 Å². The Bertz CT molecular complexity index is 1710. The molecule has 5 aromatic heterocycles. The molecule has 0 radical (unpaired) electrons. The van der Waals surface area contributed by atoms with E-state index in [0.717, 1.165) is 68.4 Å². The van der Waals surface area contributed by atoms with E-state index in [0.29, 0.717) is 5.69 Å². The summed E-state index contributed by atoms with van der Waals surface area (Å²) in [5.74, 6) is 0.212. The summed E-state index contributed by atoms with van der Waals surface area (Å²) in [6, 6.07) is 14.0. The molecule has 0 saturated heterocycles. The fourth-order valence-corrected chi connectivity index (χ4v) is 4.47. The van der Waals surface area contributed by atoms with E-state index in [1.807, 2.05) is 30.3 Å². The lowest BCUT2D eigenvalue weighted by Gasteiger charge is -2.07. The van der Waals surface area contributed by atoms with E-state index in [2.05, 4.69) is 42.6 Å². The predicted octanol–water partition coefficient (Wildman–Crippen LogP) is 5.78. The first-order chi connectivity index (χ1) is 17.2. The summed E-state index contributed by atoms with van der Waals surface area (Å²) in [6.07, 6.45) is 10.5. The van der Waals surface area contributed by atoms with Crippen LogP contribution in [0.1, 0.15) is 12.8 Å². The zero-order valence-corrected chi connectivity index (χ0v) is 18.6. The number of benzene rings is 1. The molecule has 8 nitrogen and oxygen atoms in total. The minimum absolute atomic E-state index is 0.0691. The minimum Gasteiger partial charge on any atom is -0.472 e. The molecule has 1 aliphatic rings. The monoisotopic (exact) mass is 460 g/mol. The lowest BCUT2D eigenvalue weighted by Crippen LogP contribution is -2.13. The topological polar surface area (TPSA) is 112 Å². The van der Waals surface area contributed by atoms with E-state index in [1.54, 1.807) is 31.1 Å². The number of anilines is 1. The number of rotatable bonds is 5. The number of furan rings is 1. The van der Waals surface area contributed by atoms with Gasteiger partial charge in [-0.3, -0.25) is 19.9 Å². The lowest BCUT2D eigenvalue weighted by atomic mass is 10.0. The average Bonchev–Trinajstić information content (AvgIpc) is 3.26. The SMILES string of the molecule is O=C(Nc1cncc(-c2ccc3[nH]nc(-c4cc5c(-c6ccoc6)nccc5[nH]4)c3c2)c1)C1CC1. The number of pyridine rings is 2. The number of hydrogen-bond acceptors (Lipinski definition) is 5. The Morgan fingerprint density at radius 2 is 1.86 bits per heavy atom. The highest BCUT2D eigenvalue weighted by Gasteiger charge is 2.29. The number of nitrogens with zero attached hydrogens (tertiary/aromatic N) is 3. The standard InChI is InChI=1S/C27H20N6O2/c34-27(15-1-2-15)30-19-9-18(12-28-13-19)16-3-4-23-20(10-16)26(33-32-23)24-11-21-22(31-24)5-7-29-25(21)17-6-8-35-14-17/h3-15,31H,1-2H2,(H,30,34)(H,32,33). The van der Waals surface area contributed by atoms with Crippen molar-refractivity contribution in [3.05, 3.63) is 73.6 Å². The summed E-state index contributed by atoms with van der Waals surface area (Å²) in [6.45, 7) is 0. The van der Waals surface area contributed by atoms with E-state index in [-0.39, 0.29) is 11.8 Å². The molecule has 0 bridgehead atoms. The van der Waals surface area contributed by atoms with Gasteiger partial charge in [-0.15, -0.1) is 0 Å². The van der Waals surface area contributed by atoms with Crippen LogP contribution in [0.4, 0.5) is 5.69 Å². The van der Waals surface area contributed by atoms with Gasteiger partial charge in [0, 0.05) is 45.7 Å². The highest BCUT2D eigenvalue weighted by atomic mass is 16.3. The molecule has 6 aromatic rings. The number of carbonyl (C=O) groups excluding carboxylic acids is 1. The molecule has 0 atom stereocenters. The van der Waals surface area contributed by atoms with E-state index >= 15 is 0 Å². The first-order valence-electron chi connectivity index (χ1n) is 11.5. The van der Waals surface area contributed by atoms with Crippen molar-refractivity contribution >= 4 is 33.4 Å². The molecule has 1 fully saturated rings. The van der Waals surface area contributed by atoms with Gasteiger partial charge in [-0.1, -0.05) is 6.07 Å². The second-order valence-electron chi connectivity index (χ2n) is 8.87. The van der Waals surface area contributed by atoms with Crippen LogP contribution < -0.4 is 5.32 Å². The predicted molar refractivity (Wildman–Crippen MR) is 133 cm³/mol. The first kappa shape index (κ1) is 19.7. The molecule has 1 aromatic carbocycles. The molecular formula is C27H20N6O2. The van der Waals surface area contributed by atoms with E-state index in [9.17, 15) is 4.79 Å². The van der Waals surface area contributed by atoms with Crippen molar-refractivity contribution in [2.24, 2.45) is 5.92 Å². The molecule has 0 spiro atoms. The molecule has 0 aliphatic heterocycles. The number of nitrogens with one attached hydrogen (secondary N) is 3. The van der Waals surface area contributed by atoms with E-state index in [1.165, 1.54) is 0 Å². The quantitative estimate of drug-likeness (QED) is 0.302. The average molecular weight is 460 g/mol. The van der Waals surface area contributed by atoms with Crippen LogP contribution in [0.15, 0.2) is 78.0 Å². The molecule has 35 heavy (non-hydrogen) atoms. The van der Waals surface area contributed by atoms with Crippen molar-refractivity contribution < 1.29 is 9.21 Å². The van der Waals surface area contributed by atoms with Gasteiger partial charge in [-0.25, -0.2) is 0 Å². The van der Waals surface area contributed by atoms with Crippen molar-refractivity contribution in [1.29, 1.82) is 0 Å². The van der Waals surface area contributed by atoms with Crippen molar-refractivity contribution in [2.75, 3.05) is 5.32 Å². The minimum atomic E-state index is 0.0691. The fourth-order valence-electron chi connectivity index (χ4n) is 4.47. The Balaban J connectivity index is 1.29. The number of aromatic amines is 2. The highest BCUT2D eigenvalue weighted by Crippen LogP contribution is 2.35. The molecule has 1 saturated carbocycles. The Morgan fingerprint density at radius 3 is 2.71 bits per heavy atom. The Kier molecular flexibility index (Phi) is 4.32. The highest BCUT2D eigenvalue weighted by molar-refractivity contribution is 6.01. The van der Waals surface area contributed by atoms with Gasteiger partial charge in [0.1, 0.15) is 5.69 Å². The summed E-state index contributed by atoms with van der Waals surface area (Å²) in [4.78, 5) is 24.6. The third kappa shape index (κ3) is 3.47. The van der Waals surface area contributed by atoms with E-state index < -0.39 is 0 Å². The lowest BCUT2D eigenvalue weighted by molar-refractivity contribution is -0.117. The third-order valence-electron chi connectivity index (χ3n) is 6.45. The number of H-pyrrole nitrogens is 2. The molecule has 8 heteroatoms. The molecular weight excluding hydrogens is 440 g/mol. The maximum Gasteiger partial charge on any atom is 0.227 e. The largest absolute Gasteiger partial charge is 0.472 e. The van der Waals surface area contributed by atoms with Crippen LogP contribution in [-0.4, -0.2) is 31.1 Å².